The van der Waals surface area contributed by atoms with Crippen molar-refractivity contribution in [3.05, 3.63) is 69.8 Å². The topological polar surface area (TPSA) is 79.4 Å². The van der Waals surface area contributed by atoms with Gasteiger partial charge in [0.25, 0.3) is 6.43 Å². The normalized spacial score (nSPS) is 20.6. The van der Waals surface area contributed by atoms with E-state index in [2.05, 4.69) is 4.74 Å². The van der Waals surface area contributed by atoms with Crippen LogP contribution in [0, 0.1) is 17.0 Å². The molecular weight excluding hydrogens is 481 g/mol. The minimum atomic E-state index is -2.99. The summed E-state index contributed by atoms with van der Waals surface area (Å²) in [6.07, 6.45) is -0.239. The molecule has 1 heterocycles. The molecule has 0 aromatic heterocycles. The zero-order valence-corrected chi connectivity index (χ0v) is 20.3. The largest absolute Gasteiger partial charge is 0.466 e. The summed E-state index contributed by atoms with van der Waals surface area (Å²) in [5.74, 6) is -2.88. The molecule has 0 aliphatic carbocycles. The Morgan fingerprint density at radius 1 is 1.31 bits per heavy atom. The number of nitrogen functional groups attached to an aromatic ring is 1. The molecule has 0 saturated carbocycles. The number of benzene rings is 2. The molecule has 2 aromatic rings. The second kappa shape index (κ2) is 10.0. The number of anilines is 1. The summed E-state index contributed by atoms with van der Waals surface area (Å²) < 4.78 is 79.6. The predicted molar refractivity (Wildman–Crippen MR) is 128 cm³/mol. The Morgan fingerprint density at radius 2 is 1.92 bits per heavy atom. The van der Waals surface area contributed by atoms with Gasteiger partial charge in [0.15, 0.2) is 0 Å². The number of esters is 1. The van der Waals surface area contributed by atoms with Gasteiger partial charge in [-0.05, 0) is 68.2 Å². The maximum absolute atomic E-state index is 15.7. The molecule has 0 amide bonds. The summed E-state index contributed by atoms with van der Waals surface area (Å²) in [5, 5.41) is 7.78. The number of halogens is 5. The number of alkyl halides is 3. The molecule has 3 N–H and O–H groups in total. The van der Waals surface area contributed by atoms with Crippen LogP contribution in [-0.2, 0) is 21.5 Å². The van der Waals surface area contributed by atoms with E-state index in [1.54, 1.807) is 0 Å². The second-order valence-corrected chi connectivity index (χ2v) is 9.48. The van der Waals surface area contributed by atoms with E-state index < -0.39 is 53.4 Å². The van der Waals surface area contributed by atoms with Crippen molar-refractivity contribution in [2.24, 2.45) is 0 Å². The van der Waals surface area contributed by atoms with Gasteiger partial charge in [-0.2, -0.15) is 0 Å². The minimum absolute atomic E-state index is 0.000879. The van der Waals surface area contributed by atoms with Gasteiger partial charge in [-0.25, -0.2) is 26.7 Å². The maximum Gasteiger partial charge on any atom is 0.330 e. The van der Waals surface area contributed by atoms with Crippen molar-refractivity contribution in [3.63, 3.8) is 0 Å². The number of methoxy groups -OCH3 is 1. The highest BCUT2D eigenvalue weighted by Gasteiger charge is 2.51. The van der Waals surface area contributed by atoms with Gasteiger partial charge in [0, 0.05) is 35.6 Å². The van der Waals surface area contributed by atoms with Gasteiger partial charge in [-0.1, -0.05) is 6.07 Å². The van der Waals surface area contributed by atoms with Crippen LogP contribution in [0.3, 0.4) is 0 Å². The zero-order chi connectivity index (χ0) is 27.0. The van der Waals surface area contributed by atoms with Crippen molar-refractivity contribution in [1.29, 1.82) is 5.41 Å². The first-order valence-corrected chi connectivity index (χ1v) is 11.2. The number of carbonyl (C=O) groups excluding carboxylic acids is 1. The molecule has 3 rings (SSSR count). The van der Waals surface area contributed by atoms with E-state index in [-0.39, 0.29) is 34.4 Å². The monoisotopic (exact) mass is 509 g/mol. The standard InChI is InChI=1S/C26H28F5N3O2/c1-25(2,31)13-34-21(24(29)30)11-15-16(12-32)20(33)7-6-17(15)26(34,3)23-18(27)9-14(10-19(23)28)5-8-22(35)36-4/h5-10,12,21,24,32H,11,13,33H2,1-4H3/b8-5+,32-12?/t21-,26-/m0/s1. The number of hydrogen-bond donors (Lipinski definition) is 2. The van der Waals surface area contributed by atoms with Gasteiger partial charge >= 0.3 is 5.97 Å². The predicted octanol–water partition coefficient (Wildman–Crippen LogP) is 5.23. The van der Waals surface area contributed by atoms with Crippen LogP contribution >= 0.6 is 0 Å². The fraction of sp³-hybridized carbons (Fsp3) is 0.385. The smallest absolute Gasteiger partial charge is 0.330 e. The van der Waals surface area contributed by atoms with Gasteiger partial charge in [-0.15, -0.1) is 0 Å². The molecule has 194 valence electrons. The zero-order valence-electron chi connectivity index (χ0n) is 20.3. The molecule has 0 radical (unpaired) electrons. The van der Waals surface area contributed by atoms with Crippen LogP contribution in [-0.4, -0.2) is 48.9 Å². The van der Waals surface area contributed by atoms with Crippen LogP contribution < -0.4 is 5.73 Å². The molecule has 1 aliphatic rings. The Hall–Kier alpha value is -3.27. The molecule has 36 heavy (non-hydrogen) atoms. The Labute approximate surface area is 206 Å². The molecule has 0 saturated heterocycles. The molecule has 1 aliphatic heterocycles. The van der Waals surface area contributed by atoms with Gasteiger partial charge in [0.05, 0.1) is 18.7 Å². The third kappa shape index (κ3) is 5.00. The number of hydrogen-bond acceptors (Lipinski definition) is 5. The summed E-state index contributed by atoms with van der Waals surface area (Å²) in [6, 6.07) is 3.21. The van der Waals surface area contributed by atoms with Crippen molar-refractivity contribution in [1.82, 2.24) is 4.90 Å². The van der Waals surface area contributed by atoms with Crippen LogP contribution in [0.4, 0.5) is 27.6 Å². The Bertz CT molecular complexity index is 1190. The van der Waals surface area contributed by atoms with Crippen molar-refractivity contribution in [3.8, 4) is 0 Å². The fourth-order valence-corrected chi connectivity index (χ4v) is 4.91. The molecule has 2 aromatic carbocycles. The van der Waals surface area contributed by atoms with E-state index in [0.29, 0.717) is 0 Å². The number of ether oxygens (including phenoxy) is 1. The molecule has 0 spiro atoms. The highest BCUT2D eigenvalue weighted by molar-refractivity contribution is 5.88. The number of nitrogens with zero attached hydrogens (tertiary/aromatic N) is 1. The van der Waals surface area contributed by atoms with Crippen molar-refractivity contribution in [2.75, 3.05) is 19.4 Å². The second-order valence-electron chi connectivity index (χ2n) is 9.48. The van der Waals surface area contributed by atoms with Crippen LogP contribution in [0.15, 0.2) is 30.3 Å². The lowest BCUT2D eigenvalue weighted by Crippen LogP contribution is -2.60. The number of nitrogens with one attached hydrogen (secondary N) is 1. The van der Waals surface area contributed by atoms with Crippen LogP contribution in [0.5, 0.6) is 0 Å². The van der Waals surface area contributed by atoms with E-state index >= 15 is 8.78 Å². The summed E-state index contributed by atoms with van der Waals surface area (Å²) in [7, 11) is 1.15. The molecule has 0 unspecified atom stereocenters. The lowest BCUT2D eigenvalue weighted by Gasteiger charge is -2.52. The third-order valence-corrected chi connectivity index (χ3v) is 6.45. The third-order valence-electron chi connectivity index (χ3n) is 6.45. The number of fused-ring (bicyclic) bond motifs is 1. The quantitative estimate of drug-likeness (QED) is 0.176. The Morgan fingerprint density at radius 3 is 2.42 bits per heavy atom. The van der Waals surface area contributed by atoms with E-state index in [1.165, 1.54) is 32.9 Å². The van der Waals surface area contributed by atoms with Crippen LogP contribution in [0.1, 0.15) is 48.6 Å². The minimum Gasteiger partial charge on any atom is -0.466 e. The van der Waals surface area contributed by atoms with Gasteiger partial charge in [0.2, 0.25) is 0 Å². The summed E-state index contributed by atoms with van der Waals surface area (Å²) in [4.78, 5) is 12.5. The first-order chi connectivity index (χ1) is 16.7. The van der Waals surface area contributed by atoms with E-state index in [4.69, 9.17) is 11.1 Å². The van der Waals surface area contributed by atoms with Crippen molar-refractivity contribution >= 4 is 23.9 Å². The van der Waals surface area contributed by atoms with Crippen molar-refractivity contribution < 1.29 is 31.5 Å². The molecule has 10 heteroatoms. The highest BCUT2D eigenvalue weighted by atomic mass is 19.3. The highest BCUT2D eigenvalue weighted by Crippen LogP contribution is 2.48. The van der Waals surface area contributed by atoms with E-state index in [0.717, 1.165) is 42.5 Å². The average molecular weight is 510 g/mol. The summed E-state index contributed by atoms with van der Waals surface area (Å²) in [5.41, 5.74) is 2.36. The lowest BCUT2D eigenvalue weighted by atomic mass is 9.72. The summed E-state index contributed by atoms with van der Waals surface area (Å²) >= 11 is 0. The fourth-order valence-electron chi connectivity index (χ4n) is 4.91. The maximum atomic E-state index is 15.7. The first-order valence-electron chi connectivity index (χ1n) is 11.2. The van der Waals surface area contributed by atoms with E-state index in [1.807, 2.05) is 0 Å². The summed E-state index contributed by atoms with van der Waals surface area (Å²) in [6.45, 7) is 3.21. The molecule has 0 fully saturated rings. The Kier molecular flexibility index (Phi) is 7.59. The Balaban J connectivity index is 2.36. The SMILES string of the molecule is COC(=O)/C=C/c1cc(F)c([C@]2(C)c3ccc(N)c(C=N)c3C[C@@H](C(F)F)N2CC(C)(C)F)c(F)c1. The van der Waals surface area contributed by atoms with Crippen LogP contribution in [0.25, 0.3) is 6.08 Å². The van der Waals surface area contributed by atoms with Crippen LogP contribution in [0.2, 0.25) is 0 Å². The number of nitrogens with two attached hydrogens (primary N) is 1. The van der Waals surface area contributed by atoms with Crippen molar-refractivity contribution in [2.45, 2.75) is 50.9 Å². The molecule has 5 nitrogen and oxygen atoms in total. The van der Waals surface area contributed by atoms with Gasteiger partial charge < -0.3 is 15.9 Å². The molecule has 2 atom stereocenters. The first kappa shape index (κ1) is 27.3. The lowest BCUT2D eigenvalue weighted by molar-refractivity contribution is -0.134. The molecular formula is C26H28F5N3O2. The number of rotatable bonds is 7. The average Bonchev–Trinajstić information content (AvgIpc) is 2.77. The number of carbonyl (C=O) groups is 1. The molecule has 0 bridgehead atoms. The van der Waals surface area contributed by atoms with E-state index in [9.17, 15) is 18.0 Å². The van der Waals surface area contributed by atoms with Gasteiger partial charge in [-0.3, -0.25) is 4.90 Å². The van der Waals surface area contributed by atoms with Gasteiger partial charge in [0.1, 0.15) is 17.3 Å².